The van der Waals surface area contributed by atoms with Crippen LogP contribution in [-0.2, 0) is 6.54 Å². The van der Waals surface area contributed by atoms with Crippen LogP contribution in [0.15, 0.2) is 30.5 Å². The second-order valence-electron chi connectivity index (χ2n) is 3.54. The molecule has 0 fully saturated rings. The smallest absolute Gasteiger partial charge is 0.0796 e. The van der Waals surface area contributed by atoms with Crippen LogP contribution in [-0.4, -0.2) is 15.0 Å². The average molecular weight is 217 g/mol. The number of hydrogen-bond acceptors (Lipinski definition) is 2. The van der Waals surface area contributed by atoms with Gasteiger partial charge in [-0.15, -0.1) is 5.10 Å². The highest BCUT2D eigenvalue weighted by atomic mass is 15.4. The molecule has 86 valence electrons. The third-order valence-corrected chi connectivity index (χ3v) is 2.12. The molecule has 3 heteroatoms. The summed E-state index contributed by atoms with van der Waals surface area (Å²) in [5.41, 5.74) is 3.49. The lowest BCUT2D eigenvalue weighted by atomic mass is 10.1. The maximum Gasteiger partial charge on any atom is 0.0796 e. The zero-order valence-corrected chi connectivity index (χ0v) is 10.4. The van der Waals surface area contributed by atoms with E-state index in [9.17, 15) is 0 Å². The largest absolute Gasteiger partial charge is 0.248 e. The van der Waals surface area contributed by atoms with Gasteiger partial charge in [-0.05, 0) is 19.4 Å². The minimum atomic E-state index is 0.793. The highest BCUT2D eigenvalue weighted by Gasteiger charge is 1.97. The van der Waals surface area contributed by atoms with Gasteiger partial charge < -0.3 is 0 Å². The van der Waals surface area contributed by atoms with Gasteiger partial charge in [0.15, 0.2) is 0 Å². The number of aryl methyl sites for hydroxylation is 2. The molecule has 0 saturated heterocycles. The molecule has 2 rings (SSSR count). The lowest BCUT2D eigenvalue weighted by Gasteiger charge is -2.00. The van der Waals surface area contributed by atoms with Crippen molar-refractivity contribution in [1.29, 1.82) is 0 Å². The topological polar surface area (TPSA) is 30.7 Å². The highest BCUT2D eigenvalue weighted by molar-refractivity contribution is 5.21. The van der Waals surface area contributed by atoms with Gasteiger partial charge in [0.1, 0.15) is 0 Å². The van der Waals surface area contributed by atoms with Gasteiger partial charge in [0, 0.05) is 6.20 Å². The molecule has 16 heavy (non-hydrogen) atoms. The van der Waals surface area contributed by atoms with E-state index in [1.54, 1.807) is 0 Å². The molecular formula is C13H19N3. The fraction of sp³-hybridized carbons (Fsp3) is 0.385. The zero-order valence-electron chi connectivity index (χ0n) is 10.4. The van der Waals surface area contributed by atoms with Crippen LogP contribution in [0.5, 0.6) is 0 Å². The summed E-state index contributed by atoms with van der Waals surface area (Å²) < 4.78 is 1.85. The normalized spacial score (nSPS) is 9.50. The van der Waals surface area contributed by atoms with Crippen molar-refractivity contribution in [3.63, 3.8) is 0 Å². The number of hydrogen-bond donors (Lipinski definition) is 0. The first-order valence-corrected chi connectivity index (χ1v) is 5.66. The maximum absolute atomic E-state index is 4.00. The van der Waals surface area contributed by atoms with Gasteiger partial charge in [-0.1, -0.05) is 48.9 Å². The van der Waals surface area contributed by atoms with Crippen molar-refractivity contribution < 1.29 is 0 Å². The minimum absolute atomic E-state index is 0.793. The zero-order chi connectivity index (χ0) is 12.0. The molecule has 0 aliphatic rings. The first-order chi connectivity index (χ1) is 7.74. The molecule has 0 saturated carbocycles. The van der Waals surface area contributed by atoms with E-state index >= 15 is 0 Å². The lowest BCUT2D eigenvalue weighted by molar-refractivity contribution is 0.649. The van der Waals surface area contributed by atoms with E-state index in [1.165, 1.54) is 11.1 Å². The molecule has 0 amide bonds. The highest BCUT2D eigenvalue weighted by Crippen LogP contribution is 2.04. The molecule has 0 radical (unpaired) electrons. The summed E-state index contributed by atoms with van der Waals surface area (Å²) in [4.78, 5) is 0. The predicted octanol–water partition coefficient (Wildman–Crippen LogP) is 2.97. The Morgan fingerprint density at radius 3 is 2.19 bits per heavy atom. The Kier molecular flexibility index (Phi) is 4.70. The van der Waals surface area contributed by atoms with E-state index in [-0.39, 0.29) is 0 Å². The number of nitrogens with zero attached hydrogens (tertiary/aromatic N) is 3. The predicted molar refractivity (Wildman–Crippen MR) is 66.4 cm³/mol. The molecule has 0 aliphatic heterocycles. The Labute approximate surface area is 97.1 Å². The summed E-state index contributed by atoms with van der Waals surface area (Å²) in [5, 5.41) is 7.94. The second-order valence-corrected chi connectivity index (χ2v) is 3.54. The fourth-order valence-electron chi connectivity index (χ4n) is 1.35. The molecule has 0 atom stereocenters. The first kappa shape index (κ1) is 12.4. The van der Waals surface area contributed by atoms with Crippen LogP contribution >= 0.6 is 0 Å². The van der Waals surface area contributed by atoms with E-state index in [0.29, 0.717) is 0 Å². The van der Waals surface area contributed by atoms with Crippen LogP contribution in [0.25, 0.3) is 0 Å². The van der Waals surface area contributed by atoms with Crippen molar-refractivity contribution in [3.05, 3.63) is 47.3 Å². The minimum Gasteiger partial charge on any atom is -0.248 e. The number of rotatable bonds is 2. The van der Waals surface area contributed by atoms with E-state index in [2.05, 4.69) is 41.5 Å². The van der Waals surface area contributed by atoms with Crippen molar-refractivity contribution >= 4 is 0 Å². The van der Waals surface area contributed by atoms with Crippen LogP contribution in [0.1, 0.15) is 30.7 Å². The van der Waals surface area contributed by atoms with Crippen LogP contribution in [0.3, 0.4) is 0 Å². The second kappa shape index (κ2) is 6.05. The maximum atomic E-state index is 4.00. The third-order valence-electron chi connectivity index (χ3n) is 2.12. The molecule has 0 bridgehead atoms. The van der Waals surface area contributed by atoms with Crippen LogP contribution in [0.4, 0.5) is 0 Å². The van der Waals surface area contributed by atoms with E-state index < -0.39 is 0 Å². The summed E-state index contributed by atoms with van der Waals surface area (Å²) >= 11 is 0. The van der Waals surface area contributed by atoms with Crippen LogP contribution < -0.4 is 0 Å². The lowest BCUT2D eigenvalue weighted by Crippen LogP contribution is -2.00. The Morgan fingerprint density at radius 1 is 1.06 bits per heavy atom. The molecule has 0 unspecified atom stereocenters. The Morgan fingerprint density at radius 2 is 1.69 bits per heavy atom. The molecule has 0 aliphatic carbocycles. The Balaban J connectivity index is 0.000000606. The summed E-state index contributed by atoms with van der Waals surface area (Å²) in [5.74, 6) is 0. The van der Waals surface area contributed by atoms with Gasteiger partial charge in [-0.3, -0.25) is 0 Å². The molecular weight excluding hydrogens is 198 g/mol. The molecule has 1 aromatic heterocycles. The SMILES string of the molecule is CC.Cc1ccc(Cn2cc(C)nn2)cc1. The average Bonchev–Trinajstić information content (AvgIpc) is 2.70. The van der Waals surface area contributed by atoms with Crippen LogP contribution in [0, 0.1) is 13.8 Å². The number of aromatic nitrogens is 3. The quantitative estimate of drug-likeness (QED) is 0.774. The summed E-state index contributed by atoms with van der Waals surface area (Å²) in [7, 11) is 0. The Bertz CT molecular complexity index is 415. The number of benzene rings is 1. The molecule has 0 N–H and O–H groups in total. The van der Waals surface area contributed by atoms with Gasteiger partial charge in [0.2, 0.25) is 0 Å². The van der Waals surface area contributed by atoms with E-state index in [0.717, 1.165) is 12.2 Å². The standard InChI is InChI=1S/C11H13N3.C2H6/c1-9-3-5-11(6-4-9)8-14-7-10(2)12-13-14;1-2/h3-7H,8H2,1-2H3;1-2H3. The summed E-state index contributed by atoms with van der Waals surface area (Å²) in [6.45, 7) is 8.82. The van der Waals surface area contributed by atoms with Crippen molar-refractivity contribution in [3.8, 4) is 0 Å². The van der Waals surface area contributed by atoms with Crippen molar-refractivity contribution in [2.24, 2.45) is 0 Å². The molecule has 1 heterocycles. The third kappa shape index (κ3) is 3.50. The summed E-state index contributed by atoms with van der Waals surface area (Å²) in [6.07, 6.45) is 1.94. The van der Waals surface area contributed by atoms with Gasteiger partial charge in [-0.2, -0.15) is 0 Å². The molecule has 0 spiro atoms. The van der Waals surface area contributed by atoms with Crippen molar-refractivity contribution in [2.45, 2.75) is 34.2 Å². The molecule has 1 aromatic carbocycles. The van der Waals surface area contributed by atoms with Crippen molar-refractivity contribution in [1.82, 2.24) is 15.0 Å². The van der Waals surface area contributed by atoms with Gasteiger partial charge in [0.25, 0.3) is 0 Å². The monoisotopic (exact) mass is 217 g/mol. The fourth-order valence-corrected chi connectivity index (χ4v) is 1.35. The van der Waals surface area contributed by atoms with Crippen molar-refractivity contribution in [2.75, 3.05) is 0 Å². The van der Waals surface area contributed by atoms with E-state index in [1.807, 2.05) is 31.6 Å². The summed E-state index contributed by atoms with van der Waals surface area (Å²) in [6, 6.07) is 8.46. The Hall–Kier alpha value is -1.64. The van der Waals surface area contributed by atoms with Gasteiger partial charge in [0.05, 0.1) is 12.2 Å². The molecule has 3 nitrogen and oxygen atoms in total. The van der Waals surface area contributed by atoms with Crippen LogP contribution in [0.2, 0.25) is 0 Å². The van der Waals surface area contributed by atoms with E-state index in [4.69, 9.17) is 0 Å². The van der Waals surface area contributed by atoms with Gasteiger partial charge >= 0.3 is 0 Å². The molecule has 2 aromatic rings. The first-order valence-electron chi connectivity index (χ1n) is 5.66. The van der Waals surface area contributed by atoms with Gasteiger partial charge in [-0.25, -0.2) is 4.68 Å².